The van der Waals surface area contributed by atoms with E-state index in [0.29, 0.717) is 0 Å². The van der Waals surface area contributed by atoms with Crippen LogP contribution < -0.4 is 5.32 Å². The summed E-state index contributed by atoms with van der Waals surface area (Å²) < 4.78 is 0. The zero-order valence-corrected chi connectivity index (χ0v) is 14.4. The van der Waals surface area contributed by atoms with Crippen molar-refractivity contribution < 1.29 is 4.79 Å². The maximum atomic E-state index is 12.2. The van der Waals surface area contributed by atoms with Crippen LogP contribution in [-0.4, -0.2) is 27.2 Å². The van der Waals surface area contributed by atoms with Crippen molar-refractivity contribution in [2.24, 2.45) is 0 Å². The van der Waals surface area contributed by atoms with Crippen LogP contribution in [0.3, 0.4) is 0 Å². The molecule has 1 aromatic carbocycles. The monoisotopic (exact) mass is 317 g/mol. The van der Waals surface area contributed by atoms with Gasteiger partial charge >= 0.3 is 0 Å². The molecule has 118 valence electrons. The molecule has 0 saturated heterocycles. The van der Waals surface area contributed by atoms with Crippen LogP contribution in [-0.2, 0) is 4.79 Å². The summed E-state index contributed by atoms with van der Waals surface area (Å²) in [5, 5.41) is 3.69. The fraction of sp³-hybridized carbons (Fsp3) is 0.471. The molecule has 2 atom stereocenters. The van der Waals surface area contributed by atoms with Crippen LogP contribution in [0.15, 0.2) is 29.3 Å². The third-order valence-corrected chi connectivity index (χ3v) is 4.65. The minimum absolute atomic E-state index is 0.0558. The molecule has 5 heteroatoms. The van der Waals surface area contributed by atoms with Crippen LogP contribution in [0.1, 0.15) is 39.3 Å². The molecule has 0 spiro atoms. The lowest BCUT2D eigenvalue weighted by molar-refractivity contribution is -0.120. The SMILES string of the molecule is CCCC(C)NC(=O)C(C)Sc1nc2ccccc2nc1C. The van der Waals surface area contributed by atoms with Crippen molar-refractivity contribution >= 4 is 28.7 Å². The Morgan fingerprint density at radius 1 is 1.23 bits per heavy atom. The van der Waals surface area contributed by atoms with Gasteiger partial charge in [0.25, 0.3) is 0 Å². The van der Waals surface area contributed by atoms with Crippen molar-refractivity contribution in [1.82, 2.24) is 15.3 Å². The van der Waals surface area contributed by atoms with Gasteiger partial charge in [0.05, 0.1) is 22.0 Å². The summed E-state index contributed by atoms with van der Waals surface area (Å²) in [6.07, 6.45) is 2.07. The number of nitrogens with zero attached hydrogens (tertiary/aromatic N) is 2. The fourth-order valence-electron chi connectivity index (χ4n) is 2.27. The Morgan fingerprint density at radius 3 is 2.50 bits per heavy atom. The van der Waals surface area contributed by atoms with Gasteiger partial charge in [-0.3, -0.25) is 4.79 Å². The second-order valence-electron chi connectivity index (χ2n) is 5.56. The van der Waals surface area contributed by atoms with Crippen molar-refractivity contribution in [3.63, 3.8) is 0 Å². The predicted octanol–water partition coefficient (Wildman–Crippen LogP) is 3.72. The summed E-state index contributed by atoms with van der Waals surface area (Å²) in [6, 6.07) is 8.01. The topological polar surface area (TPSA) is 54.9 Å². The molecule has 1 heterocycles. The Kier molecular flexibility index (Phi) is 5.77. The molecule has 0 aliphatic carbocycles. The van der Waals surface area contributed by atoms with Crippen LogP contribution >= 0.6 is 11.8 Å². The van der Waals surface area contributed by atoms with E-state index in [4.69, 9.17) is 0 Å². The summed E-state index contributed by atoms with van der Waals surface area (Å²) in [5.74, 6) is 0.0558. The van der Waals surface area contributed by atoms with Crippen molar-refractivity contribution in [3.05, 3.63) is 30.0 Å². The molecule has 2 rings (SSSR count). The molecule has 22 heavy (non-hydrogen) atoms. The van der Waals surface area contributed by atoms with Crippen LogP contribution in [0.4, 0.5) is 0 Å². The summed E-state index contributed by atoms with van der Waals surface area (Å²) in [5.41, 5.74) is 2.62. The van der Waals surface area contributed by atoms with Crippen molar-refractivity contribution in [2.75, 3.05) is 0 Å². The minimum atomic E-state index is -0.187. The van der Waals surface area contributed by atoms with Gasteiger partial charge in [0.1, 0.15) is 5.03 Å². The second-order valence-corrected chi connectivity index (χ2v) is 6.89. The maximum Gasteiger partial charge on any atom is 0.233 e. The van der Waals surface area contributed by atoms with Gasteiger partial charge in [-0.2, -0.15) is 0 Å². The molecule has 2 aromatic rings. The predicted molar refractivity (Wildman–Crippen MR) is 92.1 cm³/mol. The molecule has 0 radical (unpaired) electrons. The smallest absolute Gasteiger partial charge is 0.233 e. The van der Waals surface area contributed by atoms with Crippen LogP contribution in [0, 0.1) is 6.92 Å². The number of hydrogen-bond donors (Lipinski definition) is 1. The Morgan fingerprint density at radius 2 is 1.86 bits per heavy atom. The third-order valence-electron chi connectivity index (χ3n) is 3.47. The van der Waals surface area contributed by atoms with E-state index < -0.39 is 0 Å². The average molecular weight is 317 g/mol. The molecule has 0 fully saturated rings. The third kappa shape index (κ3) is 4.19. The Labute approximate surface area is 136 Å². The molecule has 1 aromatic heterocycles. The zero-order chi connectivity index (χ0) is 16.1. The molecule has 0 bridgehead atoms. The number of para-hydroxylation sites is 2. The van der Waals surface area contributed by atoms with E-state index in [1.165, 1.54) is 11.8 Å². The van der Waals surface area contributed by atoms with Crippen molar-refractivity contribution in [2.45, 2.75) is 56.9 Å². The highest BCUT2D eigenvalue weighted by atomic mass is 32.2. The van der Waals surface area contributed by atoms with Gasteiger partial charge in [0, 0.05) is 6.04 Å². The molecular weight excluding hydrogens is 294 g/mol. The van der Waals surface area contributed by atoms with Gasteiger partial charge in [-0.1, -0.05) is 37.2 Å². The highest BCUT2D eigenvalue weighted by Crippen LogP contribution is 2.26. The summed E-state index contributed by atoms with van der Waals surface area (Å²) in [6.45, 7) is 8.01. The molecule has 0 saturated carbocycles. The van der Waals surface area contributed by atoms with E-state index in [0.717, 1.165) is 34.6 Å². The molecule has 2 unspecified atom stereocenters. The Balaban J connectivity index is 2.09. The normalized spacial score (nSPS) is 13.8. The van der Waals surface area contributed by atoms with Gasteiger partial charge in [0.15, 0.2) is 0 Å². The van der Waals surface area contributed by atoms with E-state index in [1.54, 1.807) is 0 Å². The lowest BCUT2D eigenvalue weighted by Gasteiger charge is -2.17. The van der Waals surface area contributed by atoms with E-state index in [1.807, 2.05) is 45.0 Å². The number of fused-ring (bicyclic) bond motifs is 1. The molecule has 0 aliphatic rings. The van der Waals surface area contributed by atoms with Crippen LogP contribution in [0.2, 0.25) is 0 Å². The van der Waals surface area contributed by atoms with Crippen LogP contribution in [0.5, 0.6) is 0 Å². The molecule has 4 nitrogen and oxygen atoms in total. The number of benzene rings is 1. The fourth-order valence-corrected chi connectivity index (χ4v) is 3.15. The van der Waals surface area contributed by atoms with E-state index in [2.05, 4.69) is 22.2 Å². The number of aryl methyl sites for hydroxylation is 1. The Hall–Kier alpha value is -1.62. The van der Waals surface area contributed by atoms with Gasteiger partial charge in [-0.05, 0) is 39.3 Å². The van der Waals surface area contributed by atoms with Crippen LogP contribution in [0.25, 0.3) is 11.0 Å². The highest BCUT2D eigenvalue weighted by molar-refractivity contribution is 8.00. The molecular formula is C17H23N3OS. The molecule has 1 amide bonds. The quantitative estimate of drug-likeness (QED) is 0.825. The first-order valence-corrected chi connectivity index (χ1v) is 8.59. The first-order valence-electron chi connectivity index (χ1n) is 7.71. The first-order chi connectivity index (χ1) is 10.5. The van der Waals surface area contributed by atoms with E-state index in [9.17, 15) is 4.79 Å². The average Bonchev–Trinajstić information content (AvgIpc) is 2.48. The number of amides is 1. The number of carbonyl (C=O) groups excluding carboxylic acids is 1. The summed E-state index contributed by atoms with van der Waals surface area (Å²) in [4.78, 5) is 21.4. The lowest BCUT2D eigenvalue weighted by atomic mass is 10.2. The molecule has 1 N–H and O–H groups in total. The van der Waals surface area contributed by atoms with Gasteiger partial charge in [-0.15, -0.1) is 0 Å². The molecule has 0 aliphatic heterocycles. The van der Waals surface area contributed by atoms with Gasteiger partial charge < -0.3 is 5.32 Å². The minimum Gasteiger partial charge on any atom is -0.353 e. The van der Waals surface area contributed by atoms with Gasteiger partial charge in [-0.25, -0.2) is 9.97 Å². The summed E-state index contributed by atoms with van der Waals surface area (Å²) in [7, 11) is 0. The number of carbonyl (C=O) groups is 1. The largest absolute Gasteiger partial charge is 0.353 e. The number of thioether (sulfide) groups is 1. The zero-order valence-electron chi connectivity index (χ0n) is 13.6. The number of hydrogen-bond acceptors (Lipinski definition) is 4. The summed E-state index contributed by atoms with van der Waals surface area (Å²) >= 11 is 1.47. The highest BCUT2D eigenvalue weighted by Gasteiger charge is 2.18. The first kappa shape index (κ1) is 16.7. The second kappa shape index (κ2) is 7.58. The number of nitrogens with one attached hydrogen (secondary N) is 1. The van der Waals surface area contributed by atoms with Crippen molar-refractivity contribution in [3.8, 4) is 0 Å². The van der Waals surface area contributed by atoms with Gasteiger partial charge in [0.2, 0.25) is 5.91 Å². The van der Waals surface area contributed by atoms with Crippen molar-refractivity contribution in [1.29, 1.82) is 0 Å². The standard InChI is InChI=1S/C17H23N3OS/c1-5-8-11(2)18-16(21)13(4)22-17-12(3)19-14-9-6-7-10-15(14)20-17/h6-7,9-11,13H,5,8H2,1-4H3,(H,18,21). The van der Waals surface area contributed by atoms with E-state index >= 15 is 0 Å². The Bertz CT molecular complexity index is 659. The van der Waals surface area contributed by atoms with E-state index in [-0.39, 0.29) is 17.2 Å². The maximum absolute atomic E-state index is 12.2. The number of rotatable bonds is 6. The number of aromatic nitrogens is 2. The lowest BCUT2D eigenvalue weighted by Crippen LogP contribution is -2.37.